The second-order valence-electron chi connectivity index (χ2n) is 7.02. The number of anilines is 1. The van der Waals surface area contributed by atoms with Crippen molar-refractivity contribution in [2.75, 3.05) is 5.32 Å². The standard InChI is InChI=1S/C19H23N5O3S/c1-12-11-16(23-27-12)20-18(25)13(2)28-19-22-21-17(15-9-6-10-26-15)24(19)14-7-4-3-5-8-14/h6,9-11,13-14H,3-5,7-8H2,1-2H3,(H,20,23,25). The molecular weight excluding hydrogens is 378 g/mol. The van der Waals surface area contributed by atoms with Crippen molar-refractivity contribution in [2.45, 2.75) is 62.4 Å². The van der Waals surface area contributed by atoms with Gasteiger partial charge in [0.05, 0.1) is 11.5 Å². The minimum Gasteiger partial charge on any atom is -0.461 e. The predicted molar refractivity (Wildman–Crippen MR) is 105 cm³/mol. The van der Waals surface area contributed by atoms with Gasteiger partial charge in [0.15, 0.2) is 16.7 Å². The minimum absolute atomic E-state index is 0.156. The van der Waals surface area contributed by atoms with Crippen LogP contribution in [0.3, 0.4) is 0 Å². The summed E-state index contributed by atoms with van der Waals surface area (Å²) in [7, 11) is 0. The third-order valence-electron chi connectivity index (χ3n) is 4.88. The Kier molecular flexibility index (Phi) is 5.52. The number of hydrogen-bond acceptors (Lipinski definition) is 7. The Morgan fingerprint density at radius 3 is 2.82 bits per heavy atom. The lowest BCUT2D eigenvalue weighted by atomic mass is 9.95. The summed E-state index contributed by atoms with van der Waals surface area (Å²) in [5, 5.41) is 15.7. The van der Waals surface area contributed by atoms with E-state index in [4.69, 9.17) is 8.94 Å². The summed E-state index contributed by atoms with van der Waals surface area (Å²) in [5.74, 6) is 2.32. The van der Waals surface area contributed by atoms with Crippen molar-refractivity contribution >= 4 is 23.5 Å². The molecule has 0 spiro atoms. The number of rotatable bonds is 6. The largest absolute Gasteiger partial charge is 0.461 e. The molecule has 3 aromatic heterocycles. The average Bonchev–Trinajstić information content (AvgIpc) is 3.43. The van der Waals surface area contributed by atoms with Crippen molar-refractivity contribution in [1.82, 2.24) is 19.9 Å². The molecule has 28 heavy (non-hydrogen) atoms. The van der Waals surface area contributed by atoms with Gasteiger partial charge in [-0.3, -0.25) is 9.36 Å². The summed E-state index contributed by atoms with van der Waals surface area (Å²) >= 11 is 1.39. The third-order valence-corrected chi connectivity index (χ3v) is 5.93. The Hall–Kier alpha value is -2.55. The van der Waals surface area contributed by atoms with E-state index in [0.717, 1.165) is 23.8 Å². The van der Waals surface area contributed by atoms with E-state index in [2.05, 4.69) is 25.2 Å². The topological polar surface area (TPSA) is 99.0 Å². The maximum absolute atomic E-state index is 12.6. The second-order valence-corrected chi connectivity index (χ2v) is 8.33. The number of amides is 1. The van der Waals surface area contributed by atoms with Gasteiger partial charge in [-0.25, -0.2) is 0 Å². The van der Waals surface area contributed by atoms with Gasteiger partial charge in [-0.1, -0.05) is 36.2 Å². The SMILES string of the molecule is Cc1cc(NC(=O)C(C)Sc2nnc(-c3ccco3)n2C2CCCCC2)no1. The van der Waals surface area contributed by atoms with Crippen molar-refractivity contribution in [3.63, 3.8) is 0 Å². The van der Waals surface area contributed by atoms with Crippen LogP contribution in [-0.2, 0) is 4.79 Å². The average molecular weight is 401 g/mol. The molecule has 1 saturated carbocycles. The van der Waals surface area contributed by atoms with E-state index in [0.29, 0.717) is 23.4 Å². The van der Waals surface area contributed by atoms with Crippen LogP contribution in [-0.4, -0.2) is 31.1 Å². The summed E-state index contributed by atoms with van der Waals surface area (Å²) in [4.78, 5) is 12.6. The molecule has 0 bridgehead atoms. The molecule has 0 aliphatic heterocycles. The molecule has 0 radical (unpaired) electrons. The van der Waals surface area contributed by atoms with Crippen molar-refractivity contribution < 1.29 is 13.7 Å². The Morgan fingerprint density at radius 1 is 1.32 bits per heavy atom. The van der Waals surface area contributed by atoms with Crippen molar-refractivity contribution in [1.29, 1.82) is 0 Å². The lowest BCUT2D eigenvalue weighted by Gasteiger charge is -2.25. The molecule has 3 aromatic rings. The van der Waals surface area contributed by atoms with Gasteiger partial charge in [-0.05, 0) is 38.8 Å². The molecule has 148 valence electrons. The quantitative estimate of drug-likeness (QED) is 0.609. The summed E-state index contributed by atoms with van der Waals surface area (Å²) < 4.78 is 12.7. The van der Waals surface area contributed by atoms with Gasteiger partial charge in [-0.2, -0.15) is 0 Å². The van der Waals surface area contributed by atoms with Gasteiger partial charge < -0.3 is 14.3 Å². The maximum atomic E-state index is 12.6. The Bertz CT molecular complexity index is 927. The van der Waals surface area contributed by atoms with Gasteiger partial charge in [0.25, 0.3) is 0 Å². The molecule has 1 amide bonds. The van der Waals surface area contributed by atoms with E-state index in [1.165, 1.54) is 31.0 Å². The molecule has 4 rings (SSSR count). The lowest BCUT2D eigenvalue weighted by molar-refractivity contribution is -0.115. The van der Waals surface area contributed by atoms with Gasteiger partial charge in [0.1, 0.15) is 5.76 Å². The Balaban J connectivity index is 1.55. The molecule has 3 heterocycles. The Labute approximate surface area is 167 Å². The van der Waals surface area contributed by atoms with Gasteiger partial charge >= 0.3 is 0 Å². The maximum Gasteiger partial charge on any atom is 0.238 e. The number of carbonyl (C=O) groups is 1. The first-order valence-corrected chi connectivity index (χ1v) is 10.4. The first kappa shape index (κ1) is 18.8. The number of hydrogen-bond donors (Lipinski definition) is 1. The highest BCUT2D eigenvalue weighted by atomic mass is 32.2. The molecule has 9 heteroatoms. The third kappa shape index (κ3) is 3.99. The van der Waals surface area contributed by atoms with Crippen LogP contribution in [0.2, 0.25) is 0 Å². The van der Waals surface area contributed by atoms with Crippen LogP contribution in [0, 0.1) is 6.92 Å². The van der Waals surface area contributed by atoms with Crippen LogP contribution in [0.15, 0.2) is 38.6 Å². The highest BCUT2D eigenvalue weighted by Gasteiger charge is 2.27. The van der Waals surface area contributed by atoms with Gasteiger partial charge in [0.2, 0.25) is 11.7 Å². The number of nitrogens with one attached hydrogen (secondary N) is 1. The fourth-order valence-electron chi connectivity index (χ4n) is 3.46. The van der Waals surface area contributed by atoms with Crippen LogP contribution < -0.4 is 5.32 Å². The van der Waals surface area contributed by atoms with E-state index >= 15 is 0 Å². The first-order chi connectivity index (χ1) is 13.6. The van der Waals surface area contributed by atoms with E-state index < -0.39 is 0 Å². The van der Waals surface area contributed by atoms with Crippen molar-refractivity contribution in [3.05, 3.63) is 30.2 Å². The number of thioether (sulfide) groups is 1. The molecule has 1 atom stereocenters. The van der Waals surface area contributed by atoms with Crippen LogP contribution in [0.25, 0.3) is 11.6 Å². The summed E-state index contributed by atoms with van der Waals surface area (Å²) in [6.07, 6.45) is 7.43. The number of aromatic nitrogens is 4. The number of aryl methyl sites for hydroxylation is 1. The number of furan rings is 1. The monoisotopic (exact) mass is 401 g/mol. The molecule has 1 unspecified atom stereocenters. The van der Waals surface area contributed by atoms with E-state index in [1.807, 2.05) is 19.1 Å². The predicted octanol–water partition coefficient (Wildman–Crippen LogP) is 4.46. The fourth-order valence-corrected chi connectivity index (χ4v) is 4.38. The lowest BCUT2D eigenvalue weighted by Crippen LogP contribution is -2.23. The zero-order valence-corrected chi connectivity index (χ0v) is 16.7. The van der Waals surface area contributed by atoms with Gasteiger partial charge in [-0.15, -0.1) is 10.2 Å². The second kappa shape index (κ2) is 8.22. The van der Waals surface area contributed by atoms with Crippen LogP contribution in [0.1, 0.15) is 50.8 Å². The molecule has 1 fully saturated rings. The van der Waals surface area contributed by atoms with Gasteiger partial charge in [0, 0.05) is 12.1 Å². The fraction of sp³-hybridized carbons (Fsp3) is 0.474. The van der Waals surface area contributed by atoms with E-state index in [9.17, 15) is 4.79 Å². The summed E-state index contributed by atoms with van der Waals surface area (Å²) in [5.41, 5.74) is 0. The zero-order valence-electron chi connectivity index (χ0n) is 15.9. The van der Waals surface area contributed by atoms with E-state index in [-0.39, 0.29) is 11.2 Å². The highest BCUT2D eigenvalue weighted by molar-refractivity contribution is 8.00. The normalized spacial score (nSPS) is 16.2. The number of nitrogens with zero attached hydrogens (tertiary/aromatic N) is 4. The van der Waals surface area contributed by atoms with Crippen LogP contribution in [0.4, 0.5) is 5.82 Å². The Morgan fingerprint density at radius 2 is 2.14 bits per heavy atom. The summed E-state index contributed by atoms with van der Waals surface area (Å²) in [6, 6.07) is 5.74. The van der Waals surface area contributed by atoms with Crippen molar-refractivity contribution in [2.24, 2.45) is 0 Å². The minimum atomic E-state index is -0.368. The van der Waals surface area contributed by atoms with Crippen LogP contribution in [0.5, 0.6) is 0 Å². The molecule has 8 nitrogen and oxygen atoms in total. The molecule has 0 saturated heterocycles. The van der Waals surface area contributed by atoms with Crippen LogP contribution >= 0.6 is 11.8 Å². The molecule has 1 aliphatic carbocycles. The highest BCUT2D eigenvalue weighted by Crippen LogP contribution is 2.36. The van der Waals surface area contributed by atoms with Crippen molar-refractivity contribution in [3.8, 4) is 11.6 Å². The van der Waals surface area contributed by atoms with E-state index in [1.54, 1.807) is 19.3 Å². The first-order valence-electron chi connectivity index (χ1n) is 9.51. The molecule has 0 aromatic carbocycles. The molecule has 1 aliphatic rings. The summed E-state index contributed by atoms with van der Waals surface area (Å²) in [6.45, 7) is 3.63. The molecular formula is C19H23N5O3S. The zero-order chi connectivity index (χ0) is 19.5. The smallest absolute Gasteiger partial charge is 0.238 e. The number of carbonyl (C=O) groups excluding carboxylic acids is 1. The molecule has 1 N–H and O–H groups in total.